The Labute approximate surface area is 179 Å². The van der Waals surface area contributed by atoms with Crippen molar-refractivity contribution in [2.75, 3.05) is 42.3 Å². The van der Waals surface area contributed by atoms with Crippen LogP contribution in [0, 0.1) is 17.2 Å². The molecule has 0 aliphatic carbocycles. The van der Waals surface area contributed by atoms with Crippen molar-refractivity contribution in [2.24, 2.45) is 5.92 Å². The van der Waals surface area contributed by atoms with Gasteiger partial charge in [0.25, 0.3) is 0 Å². The number of hydrogen-bond donors (Lipinski definition) is 1. The standard InChI is InChI=1S/C19H23ClN6O2S/c1-13(2)11-26-18(25-5-7-28-8-6-25)23-24-19(26)29-12-17(27)22-15-4-3-14(10-21)16(20)9-15/h3-4,9,13H,5-8,11-12H2,1-2H3,(H,22,27). The number of anilines is 2. The highest BCUT2D eigenvalue weighted by Gasteiger charge is 2.21. The molecule has 0 unspecified atom stereocenters. The molecular formula is C19H23ClN6O2S. The van der Waals surface area contributed by atoms with Crippen molar-refractivity contribution in [3.63, 3.8) is 0 Å². The van der Waals surface area contributed by atoms with E-state index in [1.807, 2.05) is 6.07 Å². The van der Waals surface area contributed by atoms with Gasteiger partial charge in [-0.1, -0.05) is 37.2 Å². The van der Waals surface area contributed by atoms with E-state index in [4.69, 9.17) is 21.6 Å². The number of nitrogens with one attached hydrogen (secondary N) is 1. The van der Waals surface area contributed by atoms with E-state index in [2.05, 4.69) is 38.8 Å². The third kappa shape index (κ3) is 5.63. The van der Waals surface area contributed by atoms with E-state index in [0.29, 0.717) is 40.6 Å². The van der Waals surface area contributed by atoms with Gasteiger partial charge in [0.15, 0.2) is 5.16 Å². The molecule has 1 N–H and O–H groups in total. The summed E-state index contributed by atoms with van der Waals surface area (Å²) in [5.74, 6) is 1.25. The highest BCUT2D eigenvalue weighted by molar-refractivity contribution is 7.99. The Bertz CT molecular complexity index is 905. The number of ether oxygens (including phenoxy) is 1. The van der Waals surface area contributed by atoms with Gasteiger partial charge in [0, 0.05) is 25.3 Å². The molecule has 3 rings (SSSR count). The molecule has 1 aliphatic heterocycles. The van der Waals surface area contributed by atoms with E-state index in [1.165, 1.54) is 11.8 Å². The fourth-order valence-electron chi connectivity index (χ4n) is 2.92. The summed E-state index contributed by atoms with van der Waals surface area (Å²) < 4.78 is 7.50. The average molecular weight is 435 g/mol. The predicted octanol–water partition coefficient (Wildman–Crippen LogP) is 3.03. The van der Waals surface area contributed by atoms with Gasteiger partial charge in [-0.15, -0.1) is 10.2 Å². The first kappa shape index (κ1) is 21.4. The maximum atomic E-state index is 12.4. The Balaban J connectivity index is 1.66. The highest BCUT2D eigenvalue weighted by atomic mass is 35.5. The van der Waals surface area contributed by atoms with Gasteiger partial charge in [-0.2, -0.15) is 5.26 Å². The Hall–Kier alpha value is -2.28. The van der Waals surface area contributed by atoms with Crippen LogP contribution < -0.4 is 10.2 Å². The van der Waals surface area contributed by atoms with Crippen LogP contribution in [0.3, 0.4) is 0 Å². The zero-order valence-corrected chi connectivity index (χ0v) is 18.0. The predicted molar refractivity (Wildman–Crippen MR) is 113 cm³/mol. The van der Waals surface area contributed by atoms with Crippen LogP contribution in [0.15, 0.2) is 23.4 Å². The lowest BCUT2D eigenvalue weighted by molar-refractivity contribution is -0.113. The second-order valence-corrected chi connectivity index (χ2v) is 8.38. The second kappa shape index (κ2) is 9.96. The van der Waals surface area contributed by atoms with Crippen molar-refractivity contribution < 1.29 is 9.53 Å². The zero-order chi connectivity index (χ0) is 20.8. The lowest BCUT2D eigenvalue weighted by Crippen LogP contribution is -2.38. The largest absolute Gasteiger partial charge is 0.378 e. The number of amides is 1. The van der Waals surface area contributed by atoms with Gasteiger partial charge in [-0.3, -0.25) is 9.36 Å². The molecule has 0 radical (unpaired) electrons. The quantitative estimate of drug-likeness (QED) is 0.669. The highest BCUT2D eigenvalue weighted by Crippen LogP contribution is 2.25. The van der Waals surface area contributed by atoms with Crippen LogP contribution in [-0.2, 0) is 16.1 Å². The molecule has 0 spiro atoms. The molecule has 10 heteroatoms. The van der Waals surface area contributed by atoms with E-state index in [1.54, 1.807) is 18.2 Å². The molecule has 0 saturated carbocycles. The van der Waals surface area contributed by atoms with Gasteiger partial charge >= 0.3 is 0 Å². The van der Waals surface area contributed by atoms with E-state index in [-0.39, 0.29) is 11.7 Å². The van der Waals surface area contributed by atoms with E-state index in [9.17, 15) is 4.79 Å². The van der Waals surface area contributed by atoms with E-state index in [0.717, 1.165) is 25.6 Å². The Morgan fingerprint density at radius 1 is 1.38 bits per heavy atom. The van der Waals surface area contributed by atoms with Crippen LogP contribution in [0.2, 0.25) is 5.02 Å². The lowest BCUT2D eigenvalue weighted by Gasteiger charge is -2.28. The number of rotatable bonds is 7. The van der Waals surface area contributed by atoms with E-state index >= 15 is 0 Å². The number of nitrogens with zero attached hydrogens (tertiary/aromatic N) is 5. The van der Waals surface area contributed by atoms with Crippen LogP contribution in [0.25, 0.3) is 0 Å². The van der Waals surface area contributed by atoms with Crippen LogP contribution in [0.5, 0.6) is 0 Å². The number of carbonyl (C=O) groups is 1. The van der Waals surface area contributed by atoms with Crippen LogP contribution in [0.4, 0.5) is 11.6 Å². The minimum Gasteiger partial charge on any atom is -0.378 e. The number of halogens is 1. The molecule has 1 saturated heterocycles. The van der Waals surface area contributed by atoms with Crippen molar-refractivity contribution in [3.8, 4) is 6.07 Å². The number of carbonyl (C=O) groups excluding carboxylic acids is 1. The number of nitriles is 1. The smallest absolute Gasteiger partial charge is 0.234 e. The monoisotopic (exact) mass is 434 g/mol. The minimum absolute atomic E-state index is 0.178. The van der Waals surface area contributed by atoms with Crippen LogP contribution in [0.1, 0.15) is 19.4 Å². The molecule has 1 aliphatic rings. The second-order valence-electron chi connectivity index (χ2n) is 7.03. The van der Waals surface area contributed by atoms with Gasteiger partial charge in [0.2, 0.25) is 11.9 Å². The molecule has 1 aromatic heterocycles. The summed E-state index contributed by atoms with van der Waals surface area (Å²) in [4.78, 5) is 14.5. The molecule has 2 heterocycles. The third-order valence-corrected chi connectivity index (χ3v) is 5.52. The van der Waals surface area contributed by atoms with Gasteiger partial charge in [-0.05, 0) is 24.1 Å². The average Bonchev–Trinajstić information content (AvgIpc) is 3.09. The van der Waals surface area contributed by atoms with Crippen LogP contribution >= 0.6 is 23.4 Å². The Kier molecular flexibility index (Phi) is 7.36. The number of hydrogen-bond acceptors (Lipinski definition) is 7. The number of benzene rings is 1. The number of morpholine rings is 1. The van der Waals surface area contributed by atoms with Crippen molar-refractivity contribution in [2.45, 2.75) is 25.5 Å². The van der Waals surface area contributed by atoms with Gasteiger partial charge < -0.3 is 15.0 Å². The van der Waals surface area contributed by atoms with Crippen molar-refractivity contribution in [3.05, 3.63) is 28.8 Å². The number of thioether (sulfide) groups is 1. The van der Waals surface area contributed by atoms with Crippen LogP contribution in [-0.4, -0.2) is 52.7 Å². The van der Waals surface area contributed by atoms with Gasteiger partial charge in [0.05, 0.1) is 29.6 Å². The van der Waals surface area contributed by atoms with Crippen molar-refractivity contribution >= 4 is 40.9 Å². The van der Waals surface area contributed by atoms with Gasteiger partial charge in [0.1, 0.15) is 6.07 Å². The normalized spacial score (nSPS) is 14.1. The fraction of sp³-hybridized carbons (Fsp3) is 0.474. The first-order chi connectivity index (χ1) is 14.0. The summed E-state index contributed by atoms with van der Waals surface area (Å²) in [5, 5.41) is 21.4. The Morgan fingerprint density at radius 3 is 2.79 bits per heavy atom. The molecule has 1 fully saturated rings. The molecule has 8 nitrogen and oxygen atoms in total. The SMILES string of the molecule is CC(C)Cn1c(SCC(=O)Nc2ccc(C#N)c(Cl)c2)nnc1N1CCOCC1. The zero-order valence-electron chi connectivity index (χ0n) is 16.4. The summed E-state index contributed by atoms with van der Waals surface area (Å²) >= 11 is 7.36. The van der Waals surface area contributed by atoms with Gasteiger partial charge in [-0.25, -0.2) is 0 Å². The lowest BCUT2D eigenvalue weighted by atomic mass is 10.2. The molecule has 0 atom stereocenters. The summed E-state index contributed by atoms with van der Waals surface area (Å²) in [5.41, 5.74) is 0.925. The third-order valence-electron chi connectivity index (χ3n) is 4.24. The molecular weight excluding hydrogens is 412 g/mol. The topological polar surface area (TPSA) is 96.1 Å². The molecule has 29 heavy (non-hydrogen) atoms. The molecule has 1 amide bonds. The summed E-state index contributed by atoms with van der Waals surface area (Å²) in [6.07, 6.45) is 0. The summed E-state index contributed by atoms with van der Waals surface area (Å²) in [6, 6.07) is 6.80. The number of aromatic nitrogens is 3. The van der Waals surface area contributed by atoms with E-state index < -0.39 is 0 Å². The molecule has 2 aromatic rings. The fourth-order valence-corrected chi connectivity index (χ4v) is 3.89. The molecule has 0 bridgehead atoms. The van der Waals surface area contributed by atoms with Crippen molar-refractivity contribution in [1.29, 1.82) is 5.26 Å². The maximum absolute atomic E-state index is 12.4. The summed E-state index contributed by atoms with van der Waals surface area (Å²) in [7, 11) is 0. The van der Waals surface area contributed by atoms with Crippen molar-refractivity contribution in [1.82, 2.24) is 14.8 Å². The minimum atomic E-state index is -0.178. The Morgan fingerprint density at radius 2 is 2.14 bits per heavy atom. The summed E-state index contributed by atoms with van der Waals surface area (Å²) in [6.45, 7) is 7.95. The molecule has 1 aromatic carbocycles. The first-order valence-electron chi connectivity index (χ1n) is 9.36. The maximum Gasteiger partial charge on any atom is 0.234 e. The first-order valence-corrected chi connectivity index (χ1v) is 10.7. The molecule has 154 valence electrons.